The zero-order chi connectivity index (χ0) is 29.9. The number of rotatable bonds is 15. The average molecular weight is 710 g/mol. The number of carboxylic acid groups (broad SMARTS) is 2. The van der Waals surface area contributed by atoms with E-state index in [1.807, 2.05) is 0 Å². The van der Waals surface area contributed by atoms with Gasteiger partial charge in [0.05, 0.1) is 5.56 Å². The molecule has 0 aliphatic carbocycles. The van der Waals surface area contributed by atoms with Crippen LogP contribution in [0.15, 0.2) is 48.5 Å². The van der Waals surface area contributed by atoms with E-state index < -0.39 is 30.0 Å². The van der Waals surface area contributed by atoms with Crippen molar-refractivity contribution in [3.8, 4) is 5.75 Å². The molecule has 2 amide bonds. The summed E-state index contributed by atoms with van der Waals surface area (Å²) in [6.07, 6.45) is -0.124. The molecule has 0 aromatic heterocycles. The molecule has 0 aliphatic heterocycles. The Balaban J connectivity index is 0.000000869. The normalized spacial score (nSPS) is 11.1. The van der Waals surface area contributed by atoms with E-state index in [1.165, 1.54) is 11.5 Å². The molecular weight excluding hydrogens is 679 g/mol. The van der Waals surface area contributed by atoms with Gasteiger partial charge < -0.3 is 38.2 Å². The SMILES string of the molecule is O=C(O)CC[C@H](NC(=O)NCCc1ccc(OC(=O)c2ccc(C[S-])cc2)cc1)C(=O)O.[S-]CC[S](=[Tc+3])CC[S-]. The van der Waals surface area contributed by atoms with Gasteiger partial charge in [-0.1, -0.05) is 29.8 Å². The fourth-order valence-corrected chi connectivity index (χ4v) is 7.60. The molecule has 0 heterocycles. The van der Waals surface area contributed by atoms with Crippen LogP contribution in [0.5, 0.6) is 5.75 Å². The third-order valence-corrected chi connectivity index (χ3v) is 9.88. The number of esters is 1. The number of nitrogens with one attached hydrogen (secondary N) is 2. The number of amides is 2. The van der Waals surface area contributed by atoms with E-state index >= 15 is 0 Å². The second-order valence-electron chi connectivity index (χ2n) is 8.09. The third-order valence-electron chi connectivity index (χ3n) is 5.05. The van der Waals surface area contributed by atoms with E-state index in [1.54, 1.807) is 48.5 Å². The standard InChI is InChI=1S/C22H24N2O7S.C4H10S3.Tc/c25-19(26)10-9-18(20(27)28)24-22(30)23-12-11-14-3-7-17(8-4-14)31-21(29)16-5-1-15(13-32)2-6-16;5-1-3-7-4-2-6;/h1-8,18,32H,9-13H2,(H,25,26)(H,27,28)(H2,23,24,30);5-6H,1-4H2;/q;;+3/p-3/t18-;;/m0../s1. The van der Waals surface area contributed by atoms with Gasteiger partial charge in [-0.3, -0.25) is 4.79 Å². The van der Waals surface area contributed by atoms with Crippen LogP contribution in [-0.2, 0) is 76.8 Å². The van der Waals surface area contributed by atoms with Gasteiger partial charge in [-0.25, -0.2) is 14.4 Å². The molecule has 2 aromatic rings. The quantitative estimate of drug-likeness (QED) is 0.124. The number of aliphatic carboxylic acids is 2. The Hall–Kier alpha value is -1.83. The zero-order valence-corrected chi connectivity index (χ0v) is 26.6. The van der Waals surface area contributed by atoms with Crippen LogP contribution < -0.4 is 15.4 Å². The topological polar surface area (TPSA) is 142 Å². The minimum absolute atomic E-state index is 0.212. The summed E-state index contributed by atoms with van der Waals surface area (Å²) in [7, 11) is 0.492. The summed E-state index contributed by atoms with van der Waals surface area (Å²) in [4.78, 5) is 45.7. The van der Waals surface area contributed by atoms with Crippen molar-refractivity contribution in [1.29, 1.82) is 0 Å². The first-order valence-electron chi connectivity index (χ1n) is 12.1. The van der Waals surface area contributed by atoms with Crippen molar-refractivity contribution in [3.05, 3.63) is 65.2 Å². The number of carbonyl (C=O) groups is 4. The molecule has 0 saturated heterocycles. The molecule has 0 fully saturated rings. The summed E-state index contributed by atoms with van der Waals surface area (Å²) in [6.45, 7) is 0.228. The molecule has 4 N–H and O–H groups in total. The van der Waals surface area contributed by atoms with Crippen molar-refractivity contribution in [2.45, 2.75) is 31.1 Å². The van der Waals surface area contributed by atoms with Gasteiger partial charge in [0.2, 0.25) is 0 Å². The summed E-state index contributed by atoms with van der Waals surface area (Å²) in [5, 5.41) is 22.4. The number of hydrogen-bond donors (Lipinski definition) is 4. The summed E-state index contributed by atoms with van der Waals surface area (Å²) >= 11 is 17.0. The van der Waals surface area contributed by atoms with Gasteiger partial charge in [0.1, 0.15) is 11.8 Å². The monoisotopic (exact) mass is 708 g/mol. The Kier molecular flexibility index (Phi) is 19.0. The first-order chi connectivity index (χ1) is 19.1. The Morgan fingerprint density at radius 3 is 1.98 bits per heavy atom. The molecule has 218 valence electrons. The van der Waals surface area contributed by atoms with Crippen molar-refractivity contribution in [1.82, 2.24) is 10.6 Å². The molecule has 0 bridgehead atoms. The van der Waals surface area contributed by atoms with Crippen LogP contribution in [0.3, 0.4) is 0 Å². The van der Waals surface area contributed by atoms with Crippen molar-refractivity contribution in [2.75, 3.05) is 29.6 Å². The number of carbonyl (C=O) groups excluding carboxylic acids is 2. The number of benzene rings is 2. The van der Waals surface area contributed by atoms with Gasteiger partial charge in [-0.2, -0.15) is 5.75 Å². The van der Waals surface area contributed by atoms with Gasteiger partial charge in [0.25, 0.3) is 0 Å². The first-order valence-corrected chi connectivity index (χ1v) is 17.5. The third kappa shape index (κ3) is 15.8. The first kappa shape index (κ1) is 36.2. The molecule has 9 nitrogen and oxygen atoms in total. The maximum atomic E-state index is 12.2. The Bertz CT molecular complexity index is 1110. The van der Waals surface area contributed by atoms with Crippen molar-refractivity contribution in [2.24, 2.45) is 0 Å². The van der Waals surface area contributed by atoms with E-state index in [-0.39, 0.29) is 19.4 Å². The average Bonchev–Trinajstić information content (AvgIpc) is 2.92. The Morgan fingerprint density at radius 1 is 0.900 bits per heavy atom. The fourth-order valence-electron chi connectivity index (χ4n) is 2.96. The van der Waals surface area contributed by atoms with Crippen LogP contribution in [0.4, 0.5) is 4.79 Å². The Labute approximate surface area is 262 Å². The van der Waals surface area contributed by atoms with Crippen molar-refractivity contribution < 1.29 is 51.3 Å². The Morgan fingerprint density at radius 2 is 1.48 bits per heavy atom. The van der Waals surface area contributed by atoms with Crippen LogP contribution in [0.1, 0.15) is 34.3 Å². The molecular formula is C26H31N2O7S4Tc. The second-order valence-corrected chi connectivity index (χ2v) is 14.1. The predicted molar refractivity (Wildman–Crippen MR) is 159 cm³/mol. The molecule has 14 heteroatoms. The van der Waals surface area contributed by atoms with Gasteiger partial charge in [0.15, 0.2) is 0 Å². The molecule has 40 heavy (non-hydrogen) atoms. The molecule has 1 atom stereocenters. The number of urea groups is 1. The number of carboxylic acids is 2. The van der Waals surface area contributed by atoms with Crippen molar-refractivity contribution >= 4 is 70.1 Å². The molecule has 0 radical (unpaired) electrons. The fraction of sp³-hybridized carbons (Fsp3) is 0.385. The van der Waals surface area contributed by atoms with Gasteiger partial charge in [0, 0.05) is 13.0 Å². The summed E-state index contributed by atoms with van der Waals surface area (Å²) in [5.74, 6) is 2.04. The maximum absolute atomic E-state index is 12.2. The van der Waals surface area contributed by atoms with Crippen LogP contribution in [-0.4, -0.2) is 69.8 Å². The van der Waals surface area contributed by atoms with Crippen LogP contribution in [0.25, 0.3) is 0 Å². The van der Waals surface area contributed by atoms with Crippen molar-refractivity contribution in [3.63, 3.8) is 0 Å². The van der Waals surface area contributed by atoms with E-state index in [0.717, 1.165) is 22.6 Å². The zero-order valence-electron chi connectivity index (χ0n) is 21.5. The summed E-state index contributed by atoms with van der Waals surface area (Å²) in [6, 6.07) is 11.7. The van der Waals surface area contributed by atoms with Crippen LogP contribution >= 0.6 is 8.26 Å². The van der Waals surface area contributed by atoms with Gasteiger partial charge in [-0.15, -0.1) is 0 Å². The van der Waals surface area contributed by atoms with Crippen LogP contribution in [0.2, 0.25) is 0 Å². The van der Waals surface area contributed by atoms with Gasteiger partial charge >= 0.3 is 97.6 Å². The van der Waals surface area contributed by atoms with Crippen LogP contribution in [0, 0.1) is 0 Å². The summed E-state index contributed by atoms with van der Waals surface area (Å²) < 4.78 is 5.34. The molecule has 2 rings (SSSR count). The molecule has 2 aromatic carbocycles. The number of ether oxygens (including phenoxy) is 1. The van der Waals surface area contributed by atoms with Gasteiger partial charge in [-0.05, 0) is 42.7 Å². The minimum atomic E-state index is -1.30. The molecule has 0 saturated carbocycles. The molecule has 0 spiro atoms. The second kappa shape index (κ2) is 21.0. The van der Waals surface area contributed by atoms with E-state index in [4.69, 9.17) is 52.8 Å². The summed E-state index contributed by atoms with van der Waals surface area (Å²) in [5.41, 5.74) is 2.22. The number of hydrogen-bond acceptors (Lipinski definition) is 8. The molecule has 0 aliphatic rings. The van der Waals surface area contributed by atoms with E-state index in [9.17, 15) is 19.2 Å². The molecule has 0 unspecified atom stereocenters. The predicted octanol–water partition coefficient (Wildman–Crippen LogP) is 2.92. The van der Waals surface area contributed by atoms with E-state index in [2.05, 4.69) is 27.8 Å². The van der Waals surface area contributed by atoms with E-state index in [0.29, 0.717) is 31.8 Å².